The molecular weight excluding hydrogens is 266 g/mol. The molecule has 1 amide bonds. The standard InChI is InChI=1S/C17H31NO3/c1-12-5-3-8-16(9-12)21-13(2)17(20)18-11-14-6-4-7-15(19)10-14/h12-16,19H,3-11H2,1-2H3,(H,18,20). The third-order valence-corrected chi connectivity index (χ3v) is 4.97. The van der Waals surface area contributed by atoms with Crippen LogP contribution >= 0.6 is 0 Å². The second-order valence-corrected chi connectivity index (χ2v) is 7.10. The fourth-order valence-corrected chi connectivity index (χ4v) is 3.69. The summed E-state index contributed by atoms with van der Waals surface area (Å²) in [4.78, 5) is 12.1. The lowest BCUT2D eigenvalue weighted by molar-refractivity contribution is -0.137. The Hall–Kier alpha value is -0.610. The van der Waals surface area contributed by atoms with Gasteiger partial charge in [0.05, 0.1) is 12.2 Å². The van der Waals surface area contributed by atoms with E-state index in [4.69, 9.17) is 4.74 Å². The zero-order chi connectivity index (χ0) is 15.2. The molecule has 5 atom stereocenters. The Bertz CT molecular complexity index is 334. The molecule has 2 aliphatic rings. The number of carbonyl (C=O) groups excluding carboxylic acids is 1. The summed E-state index contributed by atoms with van der Waals surface area (Å²) in [6.07, 6.45) is 8.23. The summed E-state index contributed by atoms with van der Waals surface area (Å²) >= 11 is 0. The van der Waals surface area contributed by atoms with Crippen LogP contribution in [-0.4, -0.2) is 35.9 Å². The maximum absolute atomic E-state index is 12.1. The molecule has 4 nitrogen and oxygen atoms in total. The van der Waals surface area contributed by atoms with Gasteiger partial charge in [-0.1, -0.05) is 26.2 Å². The number of aliphatic hydroxyl groups excluding tert-OH is 1. The van der Waals surface area contributed by atoms with Gasteiger partial charge in [0.2, 0.25) is 5.91 Å². The monoisotopic (exact) mass is 297 g/mol. The Kier molecular flexibility index (Phi) is 6.49. The molecule has 0 bridgehead atoms. The highest BCUT2D eigenvalue weighted by Gasteiger charge is 2.25. The molecule has 2 saturated carbocycles. The molecule has 4 heteroatoms. The van der Waals surface area contributed by atoms with Crippen LogP contribution in [0.25, 0.3) is 0 Å². The van der Waals surface area contributed by atoms with E-state index < -0.39 is 0 Å². The van der Waals surface area contributed by atoms with E-state index in [9.17, 15) is 9.90 Å². The molecule has 0 aliphatic heterocycles. The van der Waals surface area contributed by atoms with E-state index >= 15 is 0 Å². The smallest absolute Gasteiger partial charge is 0.248 e. The van der Waals surface area contributed by atoms with E-state index in [0.29, 0.717) is 18.4 Å². The van der Waals surface area contributed by atoms with Gasteiger partial charge in [-0.25, -0.2) is 0 Å². The van der Waals surface area contributed by atoms with Gasteiger partial charge in [-0.15, -0.1) is 0 Å². The van der Waals surface area contributed by atoms with E-state index in [0.717, 1.165) is 38.5 Å². The van der Waals surface area contributed by atoms with Gasteiger partial charge in [0.15, 0.2) is 0 Å². The van der Waals surface area contributed by atoms with Crippen LogP contribution < -0.4 is 5.32 Å². The summed E-state index contributed by atoms with van der Waals surface area (Å²) in [6.45, 7) is 4.78. The van der Waals surface area contributed by atoms with Crippen LogP contribution in [0.3, 0.4) is 0 Å². The number of ether oxygens (including phenoxy) is 1. The average molecular weight is 297 g/mol. The Morgan fingerprint density at radius 1 is 1.24 bits per heavy atom. The Balaban J connectivity index is 1.67. The maximum atomic E-state index is 12.1. The van der Waals surface area contributed by atoms with Crippen molar-refractivity contribution in [3.05, 3.63) is 0 Å². The first-order chi connectivity index (χ1) is 10.0. The van der Waals surface area contributed by atoms with Gasteiger partial charge >= 0.3 is 0 Å². The van der Waals surface area contributed by atoms with Crippen LogP contribution in [0.5, 0.6) is 0 Å². The largest absolute Gasteiger partial charge is 0.393 e. The van der Waals surface area contributed by atoms with Crippen LogP contribution in [0.15, 0.2) is 0 Å². The highest BCUT2D eigenvalue weighted by atomic mass is 16.5. The fraction of sp³-hybridized carbons (Fsp3) is 0.941. The number of rotatable bonds is 5. The highest BCUT2D eigenvalue weighted by Crippen LogP contribution is 2.26. The minimum Gasteiger partial charge on any atom is -0.393 e. The van der Waals surface area contributed by atoms with E-state index in [1.807, 2.05) is 6.92 Å². The summed E-state index contributed by atoms with van der Waals surface area (Å²) < 4.78 is 5.92. The first-order valence-corrected chi connectivity index (χ1v) is 8.65. The van der Waals surface area contributed by atoms with Crippen molar-refractivity contribution in [1.29, 1.82) is 0 Å². The first kappa shape index (κ1) is 16.8. The van der Waals surface area contributed by atoms with Crippen LogP contribution in [0, 0.1) is 11.8 Å². The minimum atomic E-state index is -0.367. The summed E-state index contributed by atoms with van der Waals surface area (Å²) in [5, 5.41) is 12.7. The second kappa shape index (κ2) is 8.14. The van der Waals surface area contributed by atoms with Crippen molar-refractivity contribution in [3.63, 3.8) is 0 Å². The van der Waals surface area contributed by atoms with Gasteiger partial charge < -0.3 is 15.2 Å². The Morgan fingerprint density at radius 3 is 2.71 bits per heavy atom. The zero-order valence-electron chi connectivity index (χ0n) is 13.5. The molecule has 2 N–H and O–H groups in total. The van der Waals surface area contributed by atoms with Crippen molar-refractivity contribution < 1.29 is 14.6 Å². The van der Waals surface area contributed by atoms with Crippen LogP contribution in [0.4, 0.5) is 0 Å². The van der Waals surface area contributed by atoms with Crippen molar-refractivity contribution in [2.24, 2.45) is 11.8 Å². The Morgan fingerprint density at radius 2 is 2.00 bits per heavy atom. The summed E-state index contributed by atoms with van der Waals surface area (Å²) in [5.41, 5.74) is 0. The molecule has 0 aromatic rings. The van der Waals surface area contributed by atoms with E-state index in [2.05, 4.69) is 12.2 Å². The summed E-state index contributed by atoms with van der Waals surface area (Å²) in [7, 11) is 0. The van der Waals surface area contributed by atoms with Gasteiger partial charge in [-0.05, 0) is 50.9 Å². The lowest BCUT2D eigenvalue weighted by atomic mass is 9.87. The molecule has 122 valence electrons. The maximum Gasteiger partial charge on any atom is 0.248 e. The predicted octanol–water partition coefficient (Wildman–Crippen LogP) is 2.64. The second-order valence-electron chi connectivity index (χ2n) is 7.10. The molecule has 2 aliphatic carbocycles. The lowest BCUT2D eigenvalue weighted by Crippen LogP contribution is -2.40. The molecule has 21 heavy (non-hydrogen) atoms. The quantitative estimate of drug-likeness (QED) is 0.820. The molecule has 0 saturated heterocycles. The normalized spacial score (nSPS) is 35.2. The third-order valence-electron chi connectivity index (χ3n) is 4.97. The third kappa shape index (κ3) is 5.59. The van der Waals surface area contributed by atoms with E-state index in [-0.39, 0.29) is 24.2 Å². The predicted molar refractivity (Wildman–Crippen MR) is 82.9 cm³/mol. The molecule has 2 rings (SSSR count). The minimum absolute atomic E-state index is 0.00621. The van der Waals surface area contributed by atoms with Crippen molar-refractivity contribution >= 4 is 5.91 Å². The van der Waals surface area contributed by atoms with E-state index in [1.165, 1.54) is 12.8 Å². The molecule has 5 unspecified atom stereocenters. The van der Waals surface area contributed by atoms with Crippen molar-refractivity contribution in [3.8, 4) is 0 Å². The van der Waals surface area contributed by atoms with Crippen LogP contribution in [-0.2, 0) is 9.53 Å². The van der Waals surface area contributed by atoms with Crippen molar-refractivity contribution in [1.82, 2.24) is 5.32 Å². The highest BCUT2D eigenvalue weighted by molar-refractivity contribution is 5.80. The molecule has 2 fully saturated rings. The number of hydrogen-bond donors (Lipinski definition) is 2. The fourth-order valence-electron chi connectivity index (χ4n) is 3.69. The molecule has 0 radical (unpaired) electrons. The molecule has 0 spiro atoms. The average Bonchev–Trinajstić information content (AvgIpc) is 2.45. The molecular formula is C17H31NO3. The van der Waals surface area contributed by atoms with Gasteiger partial charge in [0.1, 0.15) is 6.10 Å². The molecule has 0 heterocycles. The Labute approximate surface area is 128 Å². The molecule has 0 aromatic heterocycles. The zero-order valence-corrected chi connectivity index (χ0v) is 13.5. The van der Waals surface area contributed by atoms with Crippen LogP contribution in [0.1, 0.15) is 65.2 Å². The number of amides is 1. The van der Waals surface area contributed by atoms with Gasteiger partial charge in [-0.2, -0.15) is 0 Å². The van der Waals surface area contributed by atoms with Crippen molar-refractivity contribution in [2.45, 2.75) is 83.5 Å². The molecule has 0 aromatic carbocycles. The number of hydrogen-bond acceptors (Lipinski definition) is 3. The summed E-state index contributed by atoms with van der Waals surface area (Å²) in [5.74, 6) is 1.12. The summed E-state index contributed by atoms with van der Waals surface area (Å²) in [6, 6.07) is 0. The lowest BCUT2D eigenvalue weighted by Gasteiger charge is -2.29. The van der Waals surface area contributed by atoms with Crippen LogP contribution in [0.2, 0.25) is 0 Å². The topological polar surface area (TPSA) is 58.6 Å². The van der Waals surface area contributed by atoms with Gasteiger partial charge in [0.25, 0.3) is 0 Å². The first-order valence-electron chi connectivity index (χ1n) is 8.65. The number of aliphatic hydroxyl groups is 1. The van der Waals surface area contributed by atoms with Crippen molar-refractivity contribution in [2.75, 3.05) is 6.54 Å². The van der Waals surface area contributed by atoms with E-state index in [1.54, 1.807) is 0 Å². The van der Waals surface area contributed by atoms with Gasteiger partial charge in [-0.3, -0.25) is 4.79 Å². The number of nitrogens with one attached hydrogen (secondary N) is 1. The van der Waals surface area contributed by atoms with Gasteiger partial charge in [0, 0.05) is 6.54 Å². The number of carbonyl (C=O) groups is 1. The SMILES string of the molecule is CC1CCCC(OC(C)C(=O)NCC2CCCC(O)C2)C1.